The Kier molecular flexibility index (Phi) is 4.09. The maximum atomic E-state index is 12.8. The van der Waals surface area contributed by atoms with Crippen LogP contribution in [0.5, 0.6) is 0 Å². The van der Waals surface area contributed by atoms with E-state index in [2.05, 4.69) is 10.1 Å². The van der Waals surface area contributed by atoms with Gasteiger partial charge in [0.05, 0.1) is 19.0 Å². The molecule has 1 atom stereocenters. The third-order valence-electron chi connectivity index (χ3n) is 4.88. The van der Waals surface area contributed by atoms with Crippen LogP contribution in [0.15, 0.2) is 53.6 Å². The SMILES string of the molecule is O=C(Cc1c[nH]c2ccccc12)N1CCCC1Cn1ncccc1=O. The first-order valence-electron chi connectivity index (χ1n) is 8.59. The van der Waals surface area contributed by atoms with Crippen molar-refractivity contribution in [3.8, 4) is 0 Å². The van der Waals surface area contributed by atoms with Crippen molar-refractivity contribution in [3.63, 3.8) is 0 Å². The lowest BCUT2D eigenvalue weighted by molar-refractivity contribution is -0.131. The number of rotatable bonds is 4. The molecule has 0 spiro atoms. The number of hydrogen-bond acceptors (Lipinski definition) is 3. The maximum absolute atomic E-state index is 12.8. The number of para-hydroxylation sites is 1. The molecule has 25 heavy (non-hydrogen) atoms. The van der Waals surface area contributed by atoms with E-state index in [-0.39, 0.29) is 17.5 Å². The average molecular weight is 336 g/mol. The molecule has 3 aromatic rings. The molecule has 1 aliphatic rings. The zero-order chi connectivity index (χ0) is 17.2. The van der Waals surface area contributed by atoms with E-state index >= 15 is 0 Å². The summed E-state index contributed by atoms with van der Waals surface area (Å²) in [6.07, 6.45) is 5.76. The number of aromatic amines is 1. The van der Waals surface area contributed by atoms with Crippen molar-refractivity contribution < 1.29 is 4.79 Å². The standard InChI is InChI=1S/C19H20N4O2/c24-18-8-3-9-21-23(18)13-15-5-4-10-22(15)19(25)11-14-12-20-17-7-2-1-6-16(14)17/h1-3,6-9,12,15,20H,4-5,10-11,13H2. The summed E-state index contributed by atoms with van der Waals surface area (Å²) in [6, 6.07) is 11.2. The molecule has 0 bridgehead atoms. The third kappa shape index (κ3) is 3.07. The Hall–Kier alpha value is -2.89. The quantitative estimate of drug-likeness (QED) is 0.792. The summed E-state index contributed by atoms with van der Waals surface area (Å²) in [5, 5.41) is 5.20. The molecule has 4 rings (SSSR count). The predicted octanol–water partition coefficient (Wildman–Crippen LogP) is 1.96. The van der Waals surface area contributed by atoms with Gasteiger partial charge in [-0.15, -0.1) is 0 Å². The number of fused-ring (bicyclic) bond motifs is 1. The summed E-state index contributed by atoms with van der Waals surface area (Å²) in [4.78, 5) is 29.8. The summed E-state index contributed by atoms with van der Waals surface area (Å²) in [6.45, 7) is 1.20. The van der Waals surface area contributed by atoms with Crippen LogP contribution in [0.3, 0.4) is 0 Å². The second-order valence-corrected chi connectivity index (χ2v) is 6.46. The molecule has 1 N–H and O–H groups in total. The van der Waals surface area contributed by atoms with Crippen molar-refractivity contribution in [2.45, 2.75) is 31.8 Å². The molecule has 0 aliphatic carbocycles. The van der Waals surface area contributed by atoms with Crippen LogP contribution >= 0.6 is 0 Å². The number of likely N-dealkylation sites (tertiary alicyclic amines) is 1. The van der Waals surface area contributed by atoms with Crippen molar-refractivity contribution in [1.29, 1.82) is 0 Å². The highest BCUT2D eigenvalue weighted by atomic mass is 16.2. The second-order valence-electron chi connectivity index (χ2n) is 6.46. The first-order valence-corrected chi connectivity index (χ1v) is 8.59. The molecule has 1 aliphatic heterocycles. The largest absolute Gasteiger partial charge is 0.361 e. The van der Waals surface area contributed by atoms with E-state index in [1.807, 2.05) is 35.4 Å². The molecule has 1 amide bonds. The van der Waals surface area contributed by atoms with E-state index in [4.69, 9.17) is 0 Å². The molecule has 3 heterocycles. The fraction of sp³-hybridized carbons (Fsp3) is 0.316. The maximum Gasteiger partial charge on any atom is 0.266 e. The molecule has 128 valence electrons. The predicted molar refractivity (Wildman–Crippen MR) is 95.2 cm³/mol. The Balaban J connectivity index is 1.51. The van der Waals surface area contributed by atoms with E-state index in [1.54, 1.807) is 12.3 Å². The van der Waals surface area contributed by atoms with Crippen molar-refractivity contribution in [2.75, 3.05) is 6.54 Å². The number of nitrogens with zero attached hydrogens (tertiary/aromatic N) is 3. The minimum absolute atomic E-state index is 0.0327. The van der Waals surface area contributed by atoms with E-state index < -0.39 is 0 Å². The normalized spacial score (nSPS) is 17.3. The van der Waals surface area contributed by atoms with Crippen molar-refractivity contribution in [2.24, 2.45) is 0 Å². The third-order valence-corrected chi connectivity index (χ3v) is 4.88. The van der Waals surface area contributed by atoms with Gasteiger partial charge in [-0.05, 0) is 30.5 Å². The number of nitrogens with one attached hydrogen (secondary N) is 1. The molecule has 1 aromatic carbocycles. The van der Waals surface area contributed by atoms with E-state index in [1.165, 1.54) is 10.7 Å². The molecule has 1 unspecified atom stereocenters. The summed E-state index contributed by atoms with van der Waals surface area (Å²) < 4.78 is 1.45. The van der Waals surface area contributed by atoms with Gasteiger partial charge in [0.2, 0.25) is 5.91 Å². The lowest BCUT2D eigenvalue weighted by Gasteiger charge is -2.25. The van der Waals surface area contributed by atoms with Crippen molar-refractivity contribution in [1.82, 2.24) is 19.7 Å². The number of benzene rings is 1. The Bertz CT molecular complexity index is 959. The van der Waals surface area contributed by atoms with Crippen molar-refractivity contribution >= 4 is 16.8 Å². The van der Waals surface area contributed by atoms with Gasteiger partial charge in [-0.3, -0.25) is 9.59 Å². The van der Waals surface area contributed by atoms with Gasteiger partial charge in [0.1, 0.15) is 0 Å². The highest BCUT2D eigenvalue weighted by Crippen LogP contribution is 2.22. The Morgan fingerprint density at radius 3 is 3.00 bits per heavy atom. The highest BCUT2D eigenvalue weighted by Gasteiger charge is 2.29. The minimum atomic E-state index is -0.126. The second kappa shape index (κ2) is 6.55. The molecule has 1 fully saturated rings. The lowest BCUT2D eigenvalue weighted by Crippen LogP contribution is -2.41. The molecule has 0 radical (unpaired) electrons. The first-order chi connectivity index (χ1) is 12.2. The van der Waals surface area contributed by atoms with E-state index in [0.29, 0.717) is 13.0 Å². The van der Waals surface area contributed by atoms with Crippen LogP contribution in [0.2, 0.25) is 0 Å². The van der Waals surface area contributed by atoms with Gasteiger partial charge in [0, 0.05) is 35.9 Å². The van der Waals surface area contributed by atoms with Crippen LogP contribution < -0.4 is 5.56 Å². The van der Waals surface area contributed by atoms with Gasteiger partial charge in [0.15, 0.2) is 0 Å². The molecule has 6 nitrogen and oxygen atoms in total. The number of amides is 1. The van der Waals surface area contributed by atoms with Crippen LogP contribution in [0.1, 0.15) is 18.4 Å². The summed E-state index contributed by atoms with van der Waals surface area (Å²) in [5.41, 5.74) is 1.93. The van der Waals surface area contributed by atoms with Crippen molar-refractivity contribution in [3.05, 3.63) is 64.7 Å². The zero-order valence-electron chi connectivity index (χ0n) is 13.9. The lowest BCUT2D eigenvalue weighted by atomic mass is 10.1. The number of aromatic nitrogens is 3. The fourth-order valence-corrected chi connectivity index (χ4v) is 3.62. The number of carbonyl (C=O) groups is 1. The first kappa shape index (κ1) is 15.6. The van der Waals surface area contributed by atoms with Gasteiger partial charge in [-0.1, -0.05) is 18.2 Å². The number of H-pyrrole nitrogens is 1. The number of hydrogen-bond donors (Lipinski definition) is 1. The smallest absolute Gasteiger partial charge is 0.266 e. The van der Waals surface area contributed by atoms with Crippen LogP contribution in [0.4, 0.5) is 0 Å². The van der Waals surface area contributed by atoms with Crippen LogP contribution in [-0.4, -0.2) is 38.2 Å². The van der Waals surface area contributed by atoms with Gasteiger partial charge in [0.25, 0.3) is 5.56 Å². The van der Waals surface area contributed by atoms with Crippen LogP contribution in [-0.2, 0) is 17.8 Å². The molecule has 0 saturated carbocycles. The highest BCUT2D eigenvalue weighted by molar-refractivity contribution is 5.89. The molecule has 2 aromatic heterocycles. The molecular formula is C19H20N4O2. The summed E-state index contributed by atoms with van der Waals surface area (Å²) in [7, 11) is 0. The average Bonchev–Trinajstić information content (AvgIpc) is 3.24. The molecule has 6 heteroatoms. The van der Waals surface area contributed by atoms with Gasteiger partial charge < -0.3 is 9.88 Å². The van der Waals surface area contributed by atoms with E-state index in [9.17, 15) is 9.59 Å². The zero-order valence-corrected chi connectivity index (χ0v) is 13.9. The number of carbonyl (C=O) groups excluding carboxylic acids is 1. The Morgan fingerprint density at radius 2 is 2.12 bits per heavy atom. The molecular weight excluding hydrogens is 316 g/mol. The monoisotopic (exact) mass is 336 g/mol. The van der Waals surface area contributed by atoms with Crippen LogP contribution in [0.25, 0.3) is 10.9 Å². The Labute approximate surface area is 145 Å². The van der Waals surface area contributed by atoms with Gasteiger partial charge in [-0.25, -0.2) is 4.68 Å². The minimum Gasteiger partial charge on any atom is -0.361 e. The Morgan fingerprint density at radius 1 is 1.24 bits per heavy atom. The topological polar surface area (TPSA) is 71.0 Å². The van der Waals surface area contributed by atoms with Crippen LogP contribution in [0, 0.1) is 0 Å². The van der Waals surface area contributed by atoms with Gasteiger partial charge >= 0.3 is 0 Å². The molecule has 1 saturated heterocycles. The fourth-order valence-electron chi connectivity index (χ4n) is 3.62. The van der Waals surface area contributed by atoms with Gasteiger partial charge in [-0.2, -0.15) is 5.10 Å². The summed E-state index contributed by atoms with van der Waals surface area (Å²) >= 11 is 0. The summed E-state index contributed by atoms with van der Waals surface area (Å²) in [5.74, 6) is 0.108. The van der Waals surface area contributed by atoms with E-state index in [0.717, 1.165) is 35.9 Å².